The molecule has 0 aliphatic carbocycles. The quantitative estimate of drug-likeness (QED) is 0.775. The number of aryl methyl sites for hydroxylation is 1. The van der Waals surface area contributed by atoms with Gasteiger partial charge in [-0.3, -0.25) is 5.32 Å². The Morgan fingerprint density at radius 1 is 1.58 bits per heavy atom. The highest BCUT2D eigenvalue weighted by atomic mass is 32.1. The van der Waals surface area contributed by atoms with Gasteiger partial charge in [0.05, 0.1) is 11.3 Å². The van der Waals surface area contributed by atoms with Crippen LogP contribution in [-0.2, 0) is 0 Å². The molecule has 1 fully saturated rings. The van der Waals surface area contributed by atoms with E-state index in [1.807, 2.05) is 19.4 Å². The number of aromatic nitrogens is 1. The van der Waals surface area contributed by atoms with Gasteiger partial charge >= 0.3 is 6.03 Å². The number of likely N-dealkylation sites (tertiary alicyclic amines) is 1. The normalized spacial score (nSPS) is 19.1. The minimum atomic E-state index is -0.789. The number of rotatable bonds is 3. The van der Waals surface area contributed by atoms with Crippen molar-refractivity contribution in [2.45, 2.75) is 25.4 Å². The maximum atomic E-state index is 11.7. The molecule has 1 saturated heterocycles. The van der Waals surface area contributed by atoms with Gasteiger partial charge in [-0.1, -0.05) is 0 Å². The fourth-order valence-corrected chi connectivity index (χ4v) is 2.69. The smallest absolute Gasteiger partial charge is 0.321 e. The molecule has 1 aromatic heterocycles. The zero-order valence-electron chi connectivity index (χ0n) is 11.3. The molecule has 0 spiro atoms. The molecule has 0 saturated carbocycles. The topological polar surface area (TPSA) is 77.5 Å². The van der Waals surface area contributed by atoms with Crippen LogP contribution in [0, 0.1) is 6.92 Å². The molecule has 19 heavy (non-hydrogen) atoms. The summed E-state index contributed by atoms with van der Waals surface area (Å²) in [6.45, 7) is 3.86. The van der Waals surface area contributed by atoms with E-state index >= 15 is 0 Å². The lowest BCUT2D eigenvalue weighted by Gasteiger charge is -2.36. The molecule has 0 atom stereocenters. The average molecular weight is 284 g/mol. The number of hydrogen-bond acceptors (Lipinski definition) is 5. The van der Waals surface area contributed by atoms with E-state index in [2.05, 4.69) is 20.5 Å². The van der Waals surface area contributed by atoms with Gasteiger partial charge in [0.1, 0.15) is 0 Å². The van der Waals surface area contributed by atoms with Gasteiger partial charge in [-0.05, 0) is 26.8 Å². The molecule has 1 aromatic rings. The molecule has 0 radical (unpaired) electrons. The maximum absolute atomic E-state index is 11.7. The molecule has 6 nitrogen and oxygen atoms in total. The number of urea groups is 1. The van der Waals surface area contributed by atoms with Crippen molar-refractivity contribution < 1.29 is 9.90 Å². The standard InChI is InChI=1S/C12H20N4O2S/c1-9-7-19-11(14-9)15-10(17)13-8-12(18)3-5-16(2)6-4-12/h7,18H,3-6,8H2,1-2H3,(H2,13,14,15,17). The SMILES string of the molecule is Cc1csc(NC(=O)NCC2(O)CCN(C)CC2)n1. The van der Waals surface area contributed by atoms with Crippen molar-refractivity contribution in [1.29, 1.82) is 0 Å². The lowest BCUT2D eigenvalue weighted by Crippen LogP contribution is -2.50. The lowest BCUT2D eigenvalue weighted by molar-refractivity contribution is -0.0120. The number of amides is 2. The van der Waals surface area contributed by atoms with Crippen LogP contribution in [0.15, 0.2) is 5.38 Å². The summed E-state index contributed by atoms with van der Waals surface area (Å²) >= 11 is 1.39. The maximum Gasteiger partial charge on any atom is 0.321 e. The first kappa shape index (κ1) is 14.2. The number of anilines is 1. The molecular formula is C12H20N4O2S. The number of thiazole rings is 1. The van der Waals surface area contributed by atoms with E-state index in [4.69, 9.17) is 0 Å². The van der Waals surface area contributed by atoms with Gasteiger partial charge in [-0.25, -0.2) is 9.78 Å². The molecule has 2 rings (SSSR count). The van der Waals surface area contributed by atoms with Crippen LogP contribution in [-0.4, -0.2) is 53.3 Å². The number of aliphatic hydroxyl groups is 1. The van der Waals surface area contributed by atoms with E-state index in [-0.39, 0.29) is 12.6 Å². The van der Waals surface area contributed by atoms with E-state index < -0.39 is 5.60 Å². The average Bonchev–Trinajstić information content (AvgIpc) is 2.77. The van der Waals surface area contributed by atoms with Gasteiger partial charge in [-0.15, -0.1) is 11.3 Å². The van der Waals surface area contributed by atoms with Gasteiger partial charge in [0.2, 0.25) is 0 Å². The van der Waals surface area contributed by atoms with E-state index in [1.165, 1.54) is 11.3 Å². The third-order valence-electron chi connectivity index (χ3n) is 3.34. The van der Waals surface area contributed by atoms with Crippen LogP contribution in [0.25, 0.3) is 0 Å². The molecule has 0 unspecified atom stereocenters. The molecule has 3 N–H and O–H groups in total. The van der Waals surface area contributed by atoms with Crippen LogP contribution in [0.3, 0.4) is 0 Å². The van der Waals surface area contributed by atoms with E-state index in [9.17, 15) is 9.90 Å². The fourth-order valence-electron chi connectivity index (χ4n) is 2.01. The fraction of sp³-hybridized carbons (Fsp3) is 0.667. The first-order valence-corrected chi connectivity index (χ1v) is 7.23. The predicted octanol–water partition coefficient (Wildman–Crippen LogP) is 1.03. The summed E-state index contributed by atoms with van der Waals surface area (Å²) in [5, 5.41) is 18.2. The minimum Gasteiger partial charge on any atom is -0.388 e. The summed E-state index contributed by atoms with van der Waals surface area (Å²) in [6, 6.07) is -0.318. The van der Waals surface area contributed by atoms with Gasteiger partial charge in [0, 0.05) is 25.0 Å². The van der Waals surface area contributed by atoms with Crippen LogP contribution in [0.2, 0.25) is 0 Å². The summed E-state index contributed by atoms with van der Waals surface area (Å²) in [5.74, 6) is 0. The molecule has 2 amide bonds. The highest BCUT2D eigenvalue weighted by Gasteiger charge is 2.31. The lowest BCUT2D eigenvalue weighted by atomic mass is 9.92. The van der Waals surface area contributed by atoms with Crippen LogP contribution >= 0.6 is 11.3 Å². The van der Waals surface area contributed by atoms with Crippen molar-refractivity contribution in [3.05, 3.63) is 11.1 Å². The summed E-state index contributed by atoms with van der Waals surface area (Å²) in [5.41, 5.74) is 0.0945. The highest BCUT2D eigenvalue weighted by molar-refractivity contribution is 7.13. The second-order valence-corrected chi connectivity index (χ2v) is 5.99. The Labute approximate surface area is 116 Å². The largest absolute Gasteiger partial charge is 0.388 e. The number of hydrogen-bond donors (Lipinski definition) is 3. The molecule has 1 aliphatic rings. The first-order chi connectivity index (χ1) is 8.97. The summed E-state index contributed by atoms with van der Waals surface area (Å²) in [6.07, 6.45) is 1.36. The number of carbonyl (C=O) groups is 1. The van der Waals surface area contributed by atoms with Crippen molar-refractivity contribution in [3.8, 4) is 0 Å². The summed E-state index contributed by atoms with van der Waals surface area (Å²) < 4.78 is 0. The van der Waals surface area contributed by atoms with Crippen LogP contribution < -0.4 is 10.6 Å². The zero-order valence-corrected chi connectivity index (χ0v) is 12.1. The van der Waals surface area contributed by atoms with Crippen molar-refractivity contribution in [2.24, 2.45) is 0 Å². The van der Waals surface area contributed by atoms with Gasteiger partial charge in [0.15, 0.2) is 5.13 Å². The number of nitrogens with one attached hydrogen (secondary N) is 2. The number of nitrogens with zero attached hydrogens (tertiary/aromatic N) is 2. The monoisotopic (exact) mass is 284 g/mol. The van der Waals surface area contributed by atoms with Crippen LogP contribution in [0.4, 0.5) is 9.93 Å². The molecule has 1 aliphatic heterocycles. The Kier molecular flexibility index (Phi) is 4.38. The van der Waals surface area contributed by atoms with E-state index in [1.54, 1.807) is 0 Å². The second kappa shape index (κ2) is 5.85. The van der Waals surface area contributed by atoms with Crippen molar-refractivity contribution in [2.75, 3.05) is 32.0 Å². The Bertz CT molecular complexity index is 441. The first-order valence-electron chi connectivity index (χ1n) is 6.35. The third-order valence-corrected chi connectivity index (χ3v) is 4.21. The Balaban J connectivity index is 1.77. The Morgan fingerprint density at radius 2 is 2.26 bits per heavy atom. The predicted molar refractivity (Wildman–Crippen MR) is 75.6 cm³/mol. The van der Waals surface area contributed by atoms with Crippen LogP contribution in [0.5, 0.6) is 0 Å². The molecule has 0 bridgehead atoms. The third kappa shape index (κ3) is 4.15. The Hall–Kier alpha value is -1.18. The zero-order chi connectivity index (χ0) is 13.9. The van der Waals surface area contributed by atoms with Gasteiger partial charge in [0.25, 0.3) is 0 Å². The van der Waals surface area contributed by atoms with Crippen molar-refractivity contribution in [1.82, 2.24) is 15.2 Å². The molecule has 2 heterocycles. The molecule has 7 heteroatoms. The highest BCUT2D eigenvalue weighted by Crippen LogP contribution is 2.20. The Morgan fingerprint density at radius 3 is 2.84 bits per heavy atom. The minimum absolute atomic E-state index is 0.275. The molecule has 106 valence electrons. The van der Waals surface area contributed by atoms with E-state index in [0.29, 0.717) is 18.0 Å². The van der Waals surface area contributed by atoms with E-state index in [0.717, 1.165) is 18.8 Å². The summed E-state index contributed by atoms with van der Waals surface area (Å²) in [7, 11) is 2.03. The van der Waals surface area contributed by atoms with Crippen LogP contribution in [0.1, 0.15) is 18.5 Å². The van der Waals surface area contributed by atoms with Crippen molar-refractivity contribution >= 4 is 22.5 Å². The van der Waals surface area contributed by atoms with Crippen molar-refractivity contribution in [3.63, 3.8) is 0 Å². The number of carbonyl (C=O) groups excluding carboxylic acids is 1. The van der Waals surface area contributed by atoms with Gasteiger partial charge in [-0.2, -0.15) is 0 Å². The molecular weight excluding hydrogens is 264 g/mol. The number of piperidine rings is 1. The second-order valence-electron chi connectivity index (χ2n) is 5.13. The summed E-state index contributed by atoms with van der Waals surface area (Å²) in [4.78, 5) is 18.0. The molecule has 0 aromatic carbocycles. The van der Waals surface area contributed by atoms with Gasteiger partial charge < -0.3 is 15.3 Å².